The Morgan fingerprint density at radius 2 is 1.92 bits per heavy atom. The van der Waals surface area contributed by atoms with Gasteiger partial charge in [0.2, 0.25) is 11.2 Å². The van der Waals surface area contributed by atoms with Crippen molar-refractivity contribution in [2.75, 3.05) is 6.61 Å². The highest BCUT2D eigenvalue weighted by Gasteiger charge is 2.18. The second kappa shape index (κ2) is 6.99. The van der Waals surface area contributed by atoms with Crippen LogP contribution in [-0.4, -0.2) is 12.6 Å². The summed E-state index contributed by atoms with van der Waals surface area (Å²) in [7, 11) is 0. The quantitative estimate of drug-likeness (QED) is 0.701. The number of benzene rings is 2. The van der Waals surface area contributed by atoms with Crippen LogP contribution in [0, 0.1) is 0 Å². The van der Waals surface area contributed by atoms with Gasteiger partial charge in [0.05, 0.1) is 11.4 Å². The molecule has 1 aromatic heterocycles. The largest absolute Gasteiger partial charge is 0.546 e. The maximum Gasteiger partial charge on any atom is 0.235 e. The summed E-state index contributed by atoms with van der Waals surface area (Å²) in [6, 6.07) is 11.9. The molecule has 3 aromatic rings. The monoisotopic (exact) mass is 357 g/mol. The lowest BCUT2D eigenvalue weighted by atomic mass is 10.1. The van der Waals surface area contributed by atoms with Crippen LogP contribution in [0.15, 0.2) is 51.7 Å². The molecule has 0 unspecified atom stereocenters. The SMILES string of the molecule is CCc1ccc2oc(-c3ccc(Cl)cc3)c(OCC(=O)[O-])c(=O)c2c1. The van der Waals surface area contributed by atoms with Gasteiger partial charge in [0.1, 0.15) is 12.2 Å². The Kier molecular flexibility index (Phi) is 4.76. The molecule has 128 valence electrons. The number of hydrogen-bond acceptors (Lipinski definition) is 5. The van der Waals surface area contributed by atoms with Crippen molar-refractivity contribution in [1.29, 1.82) is 0 Å². The Morgan fingerprint density at radius 1 is 1.20 bits per heavy atom. The van der Waals surface area contributed by atoms with E-state index in [2.05, 4.69) is 0 Å². The normalized spacial score (nSPS) is 10.8. The highest BCUT2D eigenvalue weighted by molar-refractivity contribution is 6.30. The first-order valence-electron chi connectivity index (χ1n) is 7.68. The average Bonchev–Trinajstić information content (AvgIpc) is 2.61. The average molecular weight is 358 g/mol. The van der Waals surface area contributed by atoms with Gasteiger partial charge in [-0.15, -0.1) is 0 Å². The van der Waals surface area contributed by atoms with E-state index >= 15 is 0 Å². The first-order chi connectivity index (χ1) is 12.0. The first-order valence-corrected chi connectivity index (χ1v) is 8.05. The number of rotatable bonds is 5. The van der Waals surface area contributed by atoms with Crippen LogP contribution >= 0.6 is 11.6 Å². The highest BCUT2D eigenvalue weighted by Crippen LogP contribution is 2.32. The van der Waals surface area contributed by atoms with Crippen molar-refractivity contribution < 1.29 is 19.1 Å². The van der Waals surface area contributed by atoms with Gasteiger partial charge in [-0.3, -0.25) is 4.79 Å². The van der Waals surface area contributed by atoms with E-state index in [0.29, 0.717) is 21.6 Å². The van der Waals surface area contributed by atoms with Crippen molar-refractivity contribution in [3.63, 3.8) is 0 Å². The van der Waals surface area contributed by atoms with E-state index < -0.39 is 18.0 Å². The lowest BCUT2D eigenvalue weighted by Crippen LogP contribution is -2.30. The van der Waals surface area contributed by atoms with Crippen LogP contribution in [-0.2, 0) is 11.2 Å². The predicted molar refractivity (Wildman–Crippen MR) is 92.8 cm³/mol. The predicted octanol–water partition coefficient (Wildman–Crippen LogP) is 2.80. The number of halogens is 1. The Bertz CT molecular complexity index is 989. The van der Waals surface area contributed by atoms with Crippen LogP contribution in [0.2, 0.25) is 5.02 Å². The first kappa shape index (κ1) is 17.0. The van der Waals surface area contributed by atoms with Crippen LogP contribution in [0.4, 0.5) is 0 Å². The summed E-state index contributed by atoms with van der Waals surface area (Å²) in [4.78, 5) is 23.6. The third kappa shape index (κ3) is 3.51. The molecule has 0 fully saturated rings. The van der Waals surface area contributed by atoms with Crippen molar-refractivity contribution >= 4 is 28.5 Å². The number of fused-ring (bicyclic) bond motifs is 1. The molecule has 0 saturated carbocycles. The zero-order valence-electron chi connectivity index (χ0n) is 13.4. The summed E-state index contributed by atoms with van der Waals surface area (Å²) < 4.78 is 11.0. The maximum absolute atomic E-state index is 12.8. The minimum absolute atomic E-state index is 0.152. The van der Waals surface area contributed by atoms with Gasteiger partial charge in [0.25, 0.3) is 0 Å². The molecule has 3 rings (SSSR count). The smallest absolute Gasteiger partial charge is 0.235 e. The fraction of sp³-hybridized carbons (Fsp3) is 0.158. The topological polar surface area (TPSA) is 79.6 Å². The van der Waals surface area contributed by atoms with E-state index in [1.807, 2.05) is 13.0 Å². The van der Waals surface area contributed by atoms with Gasteiger partial charge in [-0.1, -0.05) is 24.6 Å². The molecule has 0 aliphatic rings. The molecule has 25 heavy (non-hydrogen) atoms. The standard InChI is InChI=1S/C19H15ClO5/c1-2-11-3-8-15-14(9-11)17(23)19(24-10-16(21)22)18(25-15)12-4-6-13(20)7-5-12/h3-9H,2,10H2,1H3,(H,21,22)/p-1. The molecule has 0 amide bonds. The van der Waals surface area contributed by atoms with Crippen LogP contribution in [0.5, 0.6) is 5.75 Å². The molecule has 0 spiro atoms. The van der Waals surface area contributed by atoms with E-state index in [0.717, 1.165) is 12.0 Å². The number of hydrogen-bond donors (Lipinski definition) is 0. The van der Waals surface area contributed by atoms with Crippen LogP contribution in [0.3, 0.4) is 0 Å². The van der Waals surface area contributed by atoms with Crippen molar-refractivity contribution in [3.05, 3.63) is 63.3 Å². The fourth-order valence-electron chi connectivity index (χ4n) is 2.50. The van der Waals surface area contributed by atoms with Crippen molar-refractivity contribution in [2.45, 2.75) is 13.3 Å². The van der Waals surface area contributed by atoms with Gasteiger partial charge < -0.3 is 19.1 Å². The number of carboxylic acid groups (broad SMARTS) is 1. The summed E-state index contributed by atoms with van der Waals surface area (Å²) in [6.07, 6.45) is 0.754. The zero-order valence-corrected chi connectivity index (χ0v) is 14.1. The number of carbonyl (C=O) groups is 1. The van der Waals surface area contributed by atoms with Crippen molar-refractivity contribution in [3.8, 4) is 17.1 Å². The van der Waals surface area contributed by atoms with Crippen LogP contribution < -0.4 is 15.3 Å². The Hall–Kier alpha value is -2.79. The van der Waals surface area contributed by atoms with Crippen LogP contribution in [0.1, 0.15) is 12.5 Å². The molecule has 0 aliphatic carbocycles. The molecule has 0 N–H and O–H groups in total. The summed E-state index contributed by atoms with van der Waals surface area (Å²) in [6.45, 7) is 1.22. The van der Waals surface area contributed by atoms with Gasteiger partial charge in [0, 0.05) is 10.6 Å². The lowest BCUT2D eigenvalue weighted by molar-refractivity contribution is -0.307. The third-order valence-electron chi connectivity index (χ3n) is 3.76. The number of aliphatic carboxylic acids is 1. The number of ether oxygens (including phenoxy) is 1. The second-order valence-corrected chi connectivity index (χ2v) is 5.88. The molecule has 0 aliphatic heterocycles. The summed E-state index contributed by atoms with van der Waals surface area (Å²) in [5, 5.41) is 11.6. The summed E-state index contributed by atoms with van der Waals surface area (Å²) in [5.74, 6) is -1.43. The van der Waals surface area contributed by atoms with Gasteiger partial charge in [-0.2, -0.15) is 0 Å². The fourth-order valence-corrected chi connectivity index (χ4v) is 2.62. The van der Waals surface area contributed by atoms with Crippen molar-refractivity contribution in [2.24, 2.45) is 0 Å². The van der Waals surface area contributed by atoms with E-state index in [4.69, 9.17) is 20.8 Å². The zero-order chi connectivity index (χ0) is 18.0. The van der Waals surface area contributed by atoms with E-state index in [1.54, 1.807) is 36.4 Å². The Labute approximate surface area is 148 Å². The van der Waals surface area contributed by atoms with E-state index in [9.17, 15) is 14.7 Å². The molecule has 5 nitrogen and oxygen atoms in total. The van der Waals surface area contributed by atoms with Gasteiger partial charge >= 0.3 is 0 Å². The molecular formula is C19H14ClO5-. The lowest BCUT2D eigenvalue weighted by Gasteiger charge is -2.12. The second-order valence-electron chi connectivity index (χ2n) is 5.44. The molecule has 0 saturated heterocycles. The highest BCUT2D eigenvalue weighted by atomic mass is 35.5. The molecule has 0 radical (unpaired) electrons. The third-order valence-corrected chi connectivity index (χ3v) is 4.01. The molecule has 2 aromatic carbocycles. The molecule has 0 bridgehead atoms. The van der Waals surface area contributed by atoms with Crippen molar-refractivity contribution in [1.82, 2.24) is 0 Å². The number of carbonyl (C=O) groups excluding carboxylic acids is 1. The minimum atomic E-state index is -1.43. The Morgan fingerprint density at radius 3 is 2.56 bits per heavy atom. The molecular weight excluding hydrogens is 344 g/mol. The maximum atomic E-state index is 12.8. The van der Waals surface area contributed by atoms with E-state index in [1.165, 1.54) is 0 Å². The number of aryl methyl sites for hydroxylation is 1. The molecule has 0 atom stereocenters. The Balaban J connectivity index is 2.25. The summed E-state index contributed by atoms with van der Waals surface area (Å²) in [5.41, 5.74) is 1.48. The summed E-state index contributed by atoms with van der Waals surface area (Å²) >= 11 is 5.89. The van der Waals surface area contributed by atoms with E-state index in [-0.39, 0.29) is 11.5 Å². The van der Waals surface area contributed by atoms with Gasteiger partial charge in [-0.25, -0.2) is 0 Å². The molecule has 6 heteroatoms. The van der Waals surface area contributed by atoms with Gasteiger partial charge in [-0.05, 0) is 48.4 Å². The van der Waals surface area contributed by atoms with Gasteiger partial charge in [0.15, 0.2) is 5.76 Å². The molecule has 1 heterocycles. The minimum Gasteiger partial charge on any atom is -0.546 e. The van der Waals surface area contributed by atoms with Crippen LogP contribution in [0.25, 0.3) is 22.3 Å². The number of carboxylic acids is 1.